The zero-order chi connectivity index (χ0) is 12.1. The molecular weight excluding hydrogens is 198 g/mol. The van der Waals surface area contributed by atoms with Gasteiger partial charge in [0.05, 0.1) is 7.11 Å². The van der Waals surface area contributed by atoms with E-state index in [9.17, 15) is 9.59 Å². The van der Waals surface area contributed by atoms with Crippen molar-refractivity contribution in [2.45, 2.75) is 33.3 Å². The fraction of sp³-hybridized carbons (Fsp3) is 0.600. The molecule has 0 unspecified atom stereocenters. The number of hydrogen-bond donors (Lipinski definition) is 1. The molecule has 0 fully saturated rings. The van der Waals surface area contributed by atoms with E-state index in [4.69, 9.17) is 4.74 Å². The highest BCUT2D eigenvalue weighted by atomic mass is 16.6. The van der Waals surface area contributed by atoms with Gasteiger partial charge in [0, 0.05) is 0 Å². The fourth-order valence-electron chi connectivity index (χ4n) is 0.765. The van der Waals surface area contributed by atoms with Gasteiger partial charge in [0.1, 0.15) is 11.3 Å². The lowest BCUT2D eigenvalue weighted by molar-refractivity contribution is -0.136. The zero-order valence-corrected chi connectivity index (χ0v) is 9.71. The quantitative estimate of drug-likeness (QED) is 0.561. The van der Waals surface area contributed by atoms with Crippen LogP contribution in [0.2, 0.25) is 0 Å². The first-order chi connectivity index (χ1) is 6.80. The van der Waals surface area contributed by atoms with E-state index < -0.39 is 17.7 Å². The smallest absolute Gasteiger partial charge is 0.412 e. The summed E-state index contributed by atoms with van der Waals surface area (Å²) in [4.78, 5) is 22.3. The van der Waals surface area contributed by atoms with Gasteiger partial charge in [-0.25, -0.2) is 9.59 Å². The Morgan fingerprint density at radius 3 is 2.13 bits per heavy atom. The van der Waals surface area contributed by atoms with E-state index in [1.54, 1.807) is 27.7 Å². The molecular formula is C10H17NO4. The maximum Gasteiger partial charge on any atom is 0.412 e. The maximum atomic E-state index is 11.3. The number of hydrogen-bond acceptors (Lipinski definition) is 4. The summed E-state index contributed by atoms with van der Waals surface area (Å²) >= 11 is 0. The lowest BCUT2D eigenvalue weighted by Crippen LogP contribution is -2.34. The molecule has 0 aliphatic carbocycles. The van der Waals surface area contributed by atoms with Gasteiger partial charge in [0.25, 0.3) is 0 Å². The number of carbonyl (C=O) groups is 2. The minimum atomic E-state index is -0.680. The minimum absolute atomic E-state index is 0.0618. The van der Waals surface area contributed by atoms with Crippen molar-refractivity contribution in [3.63, 3.8) is 0 Å². The maximum absolute atomic E-state index is 11.3. The molecule has 0 spiro atoms. The Morgan fingerprint density at radius 2 is 1.80 bits per heavy atom. The number of methoxy groups -OCH3 is 1. The Hall–Kier alpha value is -1.52. The molecule has 0 atom stereocenters. The number of rotatable bonds is 2. The number of nitrogens with one attached hydrogen (secondary N) is 1. The predicted molar refractivity (Wildman–Crippen MR) is 55.1 cm³/mol. The minimum Gasteiger partial charge on any atom is -0.464 e. The van der Waals surface area contributed by atoms with E-state index >= 15 is 0 Å². The Bertz CT molecular complexity index is 276. The molecule has 5 heteroatoms. The van der Waals surface area contributed by atoms with E-state index in [2.05, 4.69) is 10.1 Å². The summed E-state index contributed by atoms with van der Waals surface area (Å²) in [7, 11) is 1.24. The fourth-order valence-corrected chi connectivity index (χ4v) is 0.765. The first kappa shape index (κ1) is 13.5. The van der Waals surface area contributed by atoms with Crippen molar-refractivity contribution in [2.24, 2.45) is 0 Å². The molecule has 86 valence electrons. The molecule has 0 aromatic carbocycles. The lowest BCUT2D eigenvalue weighted by atomic mass is 10.2. The molecule has 15 heavy (non-hydrogen) atoms. The van der Waals surface area contributed by atoms with Gasteiger partial charge >= 0.3 is 12.1 Å². The Kier molecular flexibility index (Phi) is 4.84. The monoisotopic (exact) mass is 215 g/mol. The molecule has 0 bridgehead atoms. The van der Waals surface area contributed by atoms with Crippen LogP contribution < -0.4 is 5.32 Å². The summed E-state index contributed by atoms with van der Waals surface area (Å²) in [5.74, 6) is -0.608. The molecule has 1 amide bonds. The molecule has 0 heterocycles. The lowest BCUT2D eigenvalue weighted by Gasteiger charge is -2.19. The van der Waals surface area contributed by atoms with Gasteiger partial charge in [0.15, 0.2) is 0 Å². The third kappa shape index (κ3) is 5.72. The zero-order valence-electron chi connectivity index (χ0n) is 9.71. The van der Waals surface area contributed by atoms with E-state index in [1.165, 1.54) is 13.2 Å². The SMILES string of the molecule is C/C=C(/NC(=O)OC(C)(C)C)C(=O)OC. The van der Waals surface area contributed by atoms with Gasteiger partial charge in [-0.3, -0.25) is 5.32 Å². The van der Waals surface area contributed by atoms with Crippen LogP contribution in [0.15, 0.2) is 11.8 Å². The summed E-state index contributed by atoms with van der Waals surface area (Å²) in [6.45, 7) is 6.82. The van der Waals surface area contributed by atoms with Crippen molar-refractivity contribution in [1.82, 2.24) is 5.32 Å². The van der Waals surface area contributed by atoms with Crippen molar-refractivity contribution in [2.75, 3.05) is 7.11 Å². The highest BCUT2D eigenvalue weighted by molar-refractivity contribution is 5.92. The van der Waals surface area contributed by atoms with Gasteiger partial charge in [-0.05, 0) is 27.7 Å². The molecule has 0 aliphatic heterocycles. The first-order valence-electron chi connectivity index (χ1n) is 4.54. The van der Waals surface area contributed by atoms with Gasteiger partial charge < -0.3 is 9.47 Å². The third-order valence-electron chi connectivity index (χ3n) is 1.33. The molecule has 0 saturated heterocycles. The van der Waals surface area contributed by atoms with Crippen LogP contribution in [0, 0.1) is 0 Å². The van der Waals surface area contributed by atoms with Crippen LogP contribution in [0.1, 0.15) is 27.7 Å². The van der Waals surface area contributed by atoms with Crippen LogP contribution in [0.4, 0.5) is 4.79 Å². The summed E-state index contributed by atoms with van der Waals surface area (Å²) in [5, 5.41) is 2.30. The average molecular weight is 215 g/mol. The van der Waals surface area contributed by atoms with Crippen LogP contribution >= 0.6 is 0 Å². The molecule has 0 aromatic rings. The normalized spacial score (nSPS) is 11.9. The van der Waals surface area contributed by atoms with Gasteiger partial charge in [-0.2, -0.15) is 0 Å². The largest absolute Gasteiger partial charge is 0.464 e. The summed E-state index contributed by atoms with van der Waals surface area (Å²) in [6, 6.07) is 0. The molecule has 0 saturated carbocycles. The number of allylic oxidation sites excluding steroid dienone is 1. The van der Waals surface area contributed by atoms with Crippen molar-refractivity contribution in [3.05, 3.63) is 11.8 Å². The number of esters is 1. The standard InChI is InChI=1S/C10H17NO4/c1-6-7(8(12)14-5)11-9(13)15-10(2,3)4/h6H,1-5H3,(H,11,13)/b7-6+. The molecule has 0 aliphatic rings. The second-order valence-corrected chi connectivity index (χ2v) is 3.82. The van der Waals surface area contributed by atoms with Crippen molar-refractivity contribution in [3.8, 4) is 0 Å². The van der Waals surface area contributed by atoms with E-state index in [0.29, 0.717) is 0 Å². The van der Waals surface area contributed by atoms with E-state index in [0.717, 1.165) is 0 Å². The van der Waals surface area contributed by atoms with Crippen LogP contribution in [0.5, 0.6) is 0 Å². The van der Waals surface area contributed by atoms with Crippen molar-refractivity contribution >= 4 is 12.1 Å². The van der Waals surface area contributed by atoms with Gasteiger partial charge in [0.2, 0.25) is 0 Å². The second kappa shape index (κ2) is 5.38. The van der Waals surface area contributed by atoms with Crippen molar-refractivity contribution < 1.29 is 19.1 Å². The highest BCUT2D eigenvalue weighted by Crippen LogP contribution is 2.07. The second-order valence-electron chi connectivity index (χ2n) is 3.82. The number of amides is 1. The van der Waals surface area contributed by atoms with Gasteiger partial charge in [-0.15, -0.1) is 0 Å². The van der Waals surface area contributed by atoms with Gasteiger partial charge in [-0.1, -0.05) is 6.08 Å². The Morgan fingerprint density at radius 1 is 1.27 bits per heavy atom. The van der Waals surface area contributed by atoms with Crippen LogP contribution in [0.25, 0.3) is 0 Å². The molecule has 0 radical (unpaired) electrons. The van der Waals surface area contributed by atoms with Crippen LogP contribution in [-0.4, -0.2) is 24.8 Å². The molecule has 5 nitrogen and oxygen atoms in total. The number of carbonyl (C=O) groups excluding carboxylic acids is 2. The molecule has 0 aromatic heterocycles. The topological polar surface area (TPSA) is 64.6 Å². The highest BCUT2D eigenvalue weighted by Gasteiger charge is 2.19. The Balaban J connectivity index is 4.34. The number of alkyl carbamates (subject to hydrolysis) is 1. The van der Waals surface area contributed by atoms with Crippen LogP contribution in [-0.2, 0) is 14.3 Å². The first-order valence-corrected chi connectivity index (χ1v) is 4.54. The van der Waals surface area contributed by atoms with E-state index in [1.807, 2.05) is 0 Å². The third-order valence-corrected chi connectivity index (χ3v) is 1.33. The average Bonchev–Trinajstić information content (AvgIpc) is 2.10. The van der Waals surface area contributed by atoms with Crippen LogP contribution in [0.3, 0.4) is 0 Å². The summed E-state index contributed by atoms with van der Waals surface area (Å²) in [6.07, 6.45) is 0.761. The number of ether oxygens (including phenoxy) is 2. The van der Waals surface area contributed by atoms with Crippen molar-refractivity contribution in [1.29, 1.82) is 0 Å². The summed E-state index contributed by atoms with van der Waals surface area (Å²) in [5.41, 5.74) is -0.536. The predicted octanol–water partition coefficient (Wildman–Crippen LogP) is 1.59. The Labute approximate surface area is 89.4 Å². The van der Waals surface area contributed by atoms with E-state index in [-0.39, 0.29) is 5.70 Å². The molecule has 0 rings (SSSR count). The molecule has 1 N–H and O–H groups in total. The summed E-state index contributed by atoms with van der Waals surface area (Å²) < 4.78 is 9.42.